The molecule has 1 N–H and O–H groups in total. The van der Waals surface area contributed by atoms with Crippen molar-refractivity contribution in [2.75, 3.05) is 32.8 Å². The molecule has 0 aliphatic carbocycles. The van der Waals surface area contributed by atoms with E-state index < -0.39 is 11.4 Å². The van der Waals surface area contributed by atoms with Crippen molar-refractivity contribution in [1.82, 2.24) is 4.90 Å². The predicted molar refractivity (Wildman–Crippen MR) is 76.2 cm³/mol. The summed E-state index contributed by atoms with van der Waals surface area (Å²) in [6, 6.07) is 0. The highest BCUT2D eigenvalue weighted by Crippen LogP contribution is 2.37. The van der Waals surface area contributed by atoms with Crippen LogP contribution in [0.15, 0.2) is 0 Å². The minimum atomic E-state index is -0.647. The van der Waals surface area contributed by atoms with Crippen LogP contribution in [0.3, 0.4) is 0 Å². The molecule has 1 aliphatic heterocycles. The summed E-state index contributed by atoms with van der Waals surface area (Å²) in [6.45, 7) is 12.3. The van der Waals surface area contributed by atoms with Crippen molar-refractivity contribution < 1.29 is 14.6 Å². The monoisotopic (exact) mass is 271 g/mol. The van der Waals surface area contributed by atoms with E-state index in [0.717, 1.165) is 32.5 Å². The highest BCUT2D eigenvalue weighted by molar-refractivity contribution is 5.75. The van der Waals surface area contributed by atoms with E-state index in [9.17, 15) is 9.90 Å². The summed E-state index contributed by atoms with van der Waals surface area (Å²) in [5.41, 5.74) is -0.558. The fraction of sp³-hybridized carbons (Fsp3) is 0.933. The van der Waals surface area contributed by atoms with Crippen LogP contribution in [0, 0.1) is 17.3 Å². The van der Waals surface area contributed by atoms with Crippen LogP contribution in [-0.2, 0) is 9.53 Å². The first kappa shape index (κ1) is 16.4. The first-order valence-corrected chi connectivity index (χ1v) is 7.42. The zero-order chi connectivity index (χ0) is 14.5. The standard InChI is InChI=1S/C15H29NO3/c1-12(2)5-9-19-10-8-16-7-6-15(11-16,13(3)4)14(17)18/h12-13H,5-11H2,1-4H3,(H,17,18). The third-order valence-electron chi connectivity index (χ3n) is 4.30. The van der Waals surface area contributed by atoms with E-state index in [0.29, 0.717) is 19.1 Å². The molecule has 1 heterocycles. The zero-order valence-corrected chi connectivity index (χ0v) is 12.8. The van der Waals surface area contributed by atoms with Crippen LogP contribution in [0.2, 0.25) is 0 Å². The molecule has 4 heteroatoms. The van der Waals surface area contributed by atoms with Crippen molar-refractivity contribution in [3.05, 3.63) is 0 Å². The lowest BCUT2D eigenvalue weighted by molar-refractivity contribution is -0.151. The number of aliphatic carboxylic acids is 1. The predicted octanol–water partition coefficient (Wildman–Crippen LogP) is 2.48. The van der Waals surface area contributed by atoms with Gasteiger partial charge in [0.05, 0.1) is 12.0 Å². The van der Waals surface area contributed by atoms with Gasteiger partial charge in [-0.05, 0) is 31.2 Å². The average Bonchev–Trinajstić information content (AvgIpc) is 2.73. The number of rotatable bonds is 8. The number of likely N-dealkylation sites (tertiary alicyclic amines) is 1. The van der Waals surface area contributed by atoms with Gasteiger partial charge in [0.15, 0.2) is 0 Å². The number of carbonyl (C=O) groups is 1. The van der Waals surface area contributed by atoms with Gasteiger partial charge in [0.1, 0.15) is 0 Å². The zero-order valence-electron chi connectivity index (χ0n) is 12.8. The van der Waals surface area contributed by atoms with Crippen molar-refractivity contribution in [2.45, 2.75) is 40.5 Å². The Morgan fingerprint density at radius 1 is 1.32 bits per heavy atom. The Labute approximate surface area is 117 Å². The Kier molecular flexibility index (Phi) is 6.27. The van der Waals surface area contributed by atoms with E-state index in [1.54, 1.807) is 0 Å². The van der Waals surface area contributed by atoms with Crippen molar-refractivity contribution in [3.63, 3.8) is 0 Å². The minimum Gasteiger partial charge on any atom is -0.481 e. The SMILES string of the molecule is CC(C)CCOCCN1CCC(C(=O)O)(C(C)C)C1. The van der Waals surface area contributed by atoms with Gasteiger partial charge in [0.2, 0.25) is 0 Å². The Bertz CT molecular complexity index is 291. The molecule has 0 amide bonds. The van der Waals surface area contributed by atoms with Crippen LogP contribution in [0.5, 0.6) is 0 Å². The molecule has 1 aliphatic rings. The third kappa shape index (κ3) is 4.46. The molecule has 0 aromatic rings. The summed E-state index contributed by atoms with van der Waals surface area (Å²) in [7, 11) is 0. The van der Waals surface area contributed by atoms with Gasteiger partial charge in [-0.2, -0.15) is 0 Å². The summed E-state index contributed by atoms with van der Waals surface area (Å²) in [4.78, 5) is 13.7. The van der Waals surface area contributed by atoms with Crippen molar-refractivity contribution in [2.24, 2.45) is 17.3 Å². The maximum atomic E-state index is 11.5. The number of hydrogen-bond acceptors (Lipinski definition) is 3. The van der Waals surface area contributed by atoms with Gasteiger partial charge in [0.25, 0.3) is 0 Å². The van der Waals surface area contributed by atoms with Crippen molar-refractivity contribution in [1.29, 1.82) is 0 Å². The lowest BCUT2D eigenvalue weighted by atomic mass is 9.76. The maximum absolute atomic E-state index is 11.5. The number of carboxylic acids is 1. The Morgan fingerprint density at radius 2 is 2.00 bits per heavy atom. The van der Waals surface area contributed by atoms with E-state index in [4.69, 9.17) is 4.74 Å². The van der Waals surface area contributed by atoms with Gasteiger partial charge in [-0.15, -0.1) is 0 Å². The molecular formula is C15H29NO3. The number of hydrogen-bond donors (Lipinski definition) is 1. The van der Waals surface area contributed by atoms with Gasteiger partial charge >= 0.3 is 5.97 Å². The average molecular weight is 271 g/mol. The van der Waals surface area contributed by atoms with E-state index in [-0.39, 0.29) is 5.92 Å². The van der Waals surface area contributed by atoms with Crippen molar-refractivity contribution in [3.8, 4) is 0 Å². The fourth-order valence-corrected chi connectivity index (χ4v) is 2.61. The Hall–Kier alpha value is -0.610. The number of carboxylic acid groups (broad SMARTS) is 1. The molecule has 1 fully saturated rings. The Balaban J connectivity index is 2.30. The highest BCUT2D eigenvalue weighted by Gasteiger charge is 2.46. The quantitative estimate of drug-likeness (QED) is 0.689. The molecule has 4 nitrogen and oxygen atoms in total. The molecular weight excluding hydrogens is 242 g/mol. The molecule has 0 spiro atoms. The fourth-order valence-electron chi connectivity index (χ4n) is 2.61. The van der Waals surface area contributed by atoms with Gasteiger partial charge < -0.3 is 9.84 Å². The first-order valence-electron chi connectivity index (χ1n) is 7.42. The molecule has 1 atom stereocenters. The van der Waals surface area contributed by atoms with Crippen molar-refractivity contribution >= 4 is 5.97 Å². The lowest BCUT2D eigenvalue weighted by Gasteiger charge is -2.28. The molecule has 0 aromatic heterocycles. The summed E-state index contributed by atoms with van der Waals surface area (Å²) < 4.78 is 5.61. The molecule has 1 unspecified atom stereocenters. The van der Waals surface area contributed by atoms with Crippen LogP contribution in [0.25, 0.3) is 0 Å². The molecule has 0 saturated carbocycles. The van der Waals surface area contributed by atoms with Crippen LogP contribution >= 0.6 is 0 Å². The second-order valence-electron chi connectivity index (χ2n) is 6.44. The second kappa shape index (κ2) is 7.25. The van der Waals surface area contributed by atoms with E-state index in [1.807, 2.05) is 13.8 Å². The smallest absolute Gasteiger partial charge is 0.311 e. The molecule has 1 saturated heterocycles. The van der Waals surface area contributed by atoms with Crippen LogP contribution in [0.1, 0.15) is 40.5 Å². The van der Waals surface area contributed by atoms with E-state index in [2.05, 4.69) is 18.7 Å². The van der Waals surface area contributed by atoms with Gasteiger partial charge in [-0.3, -0.25) is 9.69 Å². The van der Waals surface area contributed by atoms with Gasteiger partial charge in [0, 0.05) is 19.7 Å². The second-order valence-corrected chi connectivity index (χ2v) is 6.44. The van der Waals surface area contributed by atoms with Crippen LogP contribution in [0.4, 0.5) is 0 Å². The topological polar surface area (TPSA) is 49.8 Å². The Morgan fingerprint density at radius 3 is 2.47 bits per heavy atom. The highest BCUT2D eigenvalue weighted by atomic mass is 16.5. The minimum absolute atomic E-state index is 0.178. The van der Waals surface area contributed by atoms with Gasteiger partial charge in [-0.1, -0.05) is 27.7 Å². The van der Waals surface area contributed by atoms with E-state index >= 15 is 0 Å². The van der Waals surface area contributed by atoms with Crippen LogP contribution in [-0.4, -0.2) is 48.8 Å². The lowest BCUT2D eigenvalue weighted by Crippen LogP contribution is -2.39. The molecule has 0 bridgehead atoms. The van der Waals surface area contributed by atoms with Crippen LogP contribution < -0.4 is 0 Å². The summed E-state index contributed by atoms with van der Waals surface area (Å²) in [5, 5.41) is 9.46. The number of ether oxygens (including phenoxy) is 1. The molecule has 112 valence electrons. The molecule has 0 radical (unpaired) electrons. The molecule has 0 aromatic carbocycles. The van der Waals surface area contributed by atoms with Gasteiger partial charge in [-0.25, -0.2) is 0 Å². The van der Waals surface area contributed by atoms with E-state index in [1.165, 1.54) is 0 Å². The largest absolute Gasteiger partial charge is 0.481 e. The summed E-state index contributed by atoms with van der Waals surface area (Å²) >= 11 is 0. The third-order valence-corrected chi connectivity index (χ3v) is 4.30. The normalized spacial score (nSPS) is 24.5. The molecule has 1 rings (SSSR count). The maximum Gasteiger partial charge on any atom is 0.311 e. The first-order chi connectivity index (χ1) is 8.88. The summed E-state index contributed by atoms with van der Waals surface area (Å²) in [6.07, 6.45) is 1.84. The number of nitrogens with zero attached hydrogens (tertiary/aromatic N) is 1. The summed E-state index contributed by atoms with van der Waals surface area (Å²) in [5.74, 6) is 0.204. The molecule has 19 heavy (non-hydrogen) atoms.